The molecule has 0 atom stereocenters. The van der Waals surface area contributed by atoms with Gasteiger partial charge in [-0.1, -0.05) is 17.7 Å². The summed E-state index contributed by atoms with van der Waals surface area (Å²) in [5, 5.41) is 1.85. The van der Waals surface area contributed by atoms with E-state index in [2.05, 4.69) is 0 Å². The van der Waals surface area contributed by atoms with Gasteiger partial charge in [-0.3, -0.25) is 4.79 Å². The topological polar surface area (TPSA) is 17.1 Å². The molecule has 0 bridgehead atoms. The second-order valence-corrected chi connectivity index (χ2v) is 4.74. The first-order chi connectivity index (χ1) is 6.59. The molecule has 0 saturated carbocycles. The van der Waals surface area contributed by atoms with Gasteiger partial charge in [0.2, 0.25) is 0 Å². The predicted molar refractivity (Wildman–Crippen MR) is 61.6 cm³/mol. The lowest BCUT2D eigenvalue weighted by Gasteiger charge is -1.92. The molecule has 3 heteroatoms. The molecule has 0 N–H and O–H groups in total. The molecule has 1 aromatic heterocycles. The number of thiophene rings is 1. The zero-order chi connectivity index (χ0) is 10.3. The zero-order valence-corrected chi connectivity index (χ0v) is 9.50. The van der Waals surface area contributed by atoms with Crippen molar-refractivity contribution >= 4 is 38.8 Å². The average molecular weight is 225 g/mol. The van der Waals surface area contributed by atoms with Crippen molar-refractivity contribution in [2.24, 2.45) is 0 Å². The van der Waals surface area contributed by atoms with Crippen molar-refractivity contribution in [2.45, 2.75) is 13.8 Å². The summed E-state index contributed by atoms with van der Waals surface area (Å²) >= 11 is 7.39. The van der Waals surface area contributed by atoms with Crippen LogP contribution in [0.2, 0.25) is 5.02 Å². The van der Waals surface area contributed by atoms with Crippen molar-refractivity contribution in [1.82, 2.24) is 0 Å². The Hall–Kier alpha value is -0.860. The maximum Gasteiger partial charge on any atom is 0.170 e. The van der Waals surface area contributed by atoms with E-state index in [1.807, 2.05) is 25.1 Å². The van der Waals surface area contributed by atoms with Gasteiger partial charge in [0.1, 0.15) is 0 Å². The predicted octanol–water partition coefficient (Wildman–Crippen LogP) is 4.07. The summed E-state index contributed by atoms with van der Waals surface area (Å²) in [6.45, 7) is 3.57. The maximum absolute atomic E-state index is 11.3. The molecular weight excluding hydrogens is 216 g/mol. The molecule has 0 saturated heterocycles. The van der Waals surface area contributed by atoms with E-state index in [-0.39, 0.29) is 5.78 Å². The van der Waals surface area contributed by atoms with Gasteiger partial charge in [0.05, 0.1) is 4.88 Å². The number of aryl methyl sites for hydroxylation is 1. The number of rotatable bonds is 1. The third-order valence-corrected chi connectivity index (χ3v) is 3.81. The van der Waals surface area contributed by atoms with Gasteiger partial charge in [-0.05, 0) is 36.9 Å². The molecule has 2 aromatic rings. The molecule has 0 aliphatic heterocycles. The minimum Gasteiger partial charge on any atom is -0.294 e. The Morgan fingerprint density at radius 2 is 2.14 bits per heavy atom. The Balaban J connectivity index is 2.79. The molecule has 72 valence electrons. The SMILES string of the molecule is CC(=O)c1sc2cc(Cl)ccc2c1C. The molecule has 0 radical (unpaired) electrons. The Morgan fingerprint density at radius 3 is 2.79 bits per heavy atom. The summed E-state index contributed by atoms with van der Waals surface area (Å²) < 4.78 is 1.08. The third kappa shape index (κ3) is 1.45. The fourth-order valence-corrected chi connectivity index (χ4v) is 2.92. The van der Waals surface area contributed by atoms with Crippen LogP contribution < -0.4 is 0 Å². The molecule has 1 aromatic carbocycles. The van der Waals surface area contributed by atoms with E-state index in [9.17, 15) is 4.79 Å². The summed E-state index contributed by atoms with van der Waals surface area (Å²) in [7, 11) is 0. The van der Waals surface area contributed by atoms with Crippen LogP contribution in [0.5, 0.6) is 0 Å². The van der Waals surface area contributed by atoms with Gasteiger partial charge >= 0.3 is 0 Å². The van der Waals surface area contributed by atoms with Crippen LogP contribution in [0.4, 0.5) is 0 Å². The second-order valence-electron chi connectivity index (χ2n) is 3.25. The lowest BCUT2D eigenvalue weighted by atomic mass is 10.1. The number of fused-ring (bicyclic) bond motifs is 1. The van der Waals surface area contributed by atoms with Crippen molar-refractivity contribution in [3.8, 4) is 0 Å². The lowest BCUT2D eigenvalue weighted by Crippen LogP contribution is -1.88. The Morgan fingerprint density at radius 1 is 1.43 bits per heavy atom. The van der Waals surface area contributed by atoms with E-state index in [0.717, 1.165) is 20.5 Å². The molecule has 0 unspecified atom stereocenters. The average Bonchev–Trinajstić information content (AvgIpc) is 2.43. The Bertz CT molecular complexity index is 513. The highest BCUT2D eigenvalue weighted by molar-refractivity contribution is 7.21. The minimum absolute atomic E-state index is 0.125. The number of hydrogen-bond donors (Lipinski definition) is 0. The molecule has 1 heterocycles. The van der Waals surface area contributed by atoms with Gasteiger partial charge < -0.3 is 0 Å². The van der Waals surface area contributed by atoms with Gasteiger partial charge in [-0.25, -0.2) is 0 Å². The highest BCUT2D eigenvalue weighted by atomic mass is 35.5. The molecule has 0 aliphatic rings. The Kier molecular flexibility index (Phi) is 2.33. The summed E-state index contributed by atoms with van der Waals surface area (Å²) in [6.07, 6.45) is 0. The van der Waals surface area contributed by atoms with Crippen molar-refractivity contribution in [3.05, 3.63) is 33.7 Å². The fourth-order valence-electron chi connectivity index (χ4n) is 1.54. The highest BCUT2D eigenvalue weighted by Gasteiger charge is 2.11. The fraction of sp³-hybridized carbons (Fsp3) is 0.182. The molecular formula is C11H9ClOS. The summed E-state index contributed by atoms with van der Waals surface area (Å²) in [6, 6.07) is 5.73. The van der Waals surface area contributed by atoms with E-state index >= 15 is 0 Å². The number of halogens is 1. The summed E-state index contributed by atoms with van der Waals surface area (Å²) in [5.41, 5.74) is 1.06. The number of hydrogen-bond acceptors (Lipinski definition) is 2. The van der Waals surface area contributed by atoms with Crippen molar-refractivity contribution in [2.75, 3.05) is 0 Å². The van der Waals surface area contributed by atoms with Gasteiger partial charge in [-0.15, -0.1) is 11.3 Å². The molecule has 0 spiro atoms. The normalized spacial score (nSPS) is 10.8. The molecule has 14 heavy (non-hydrogen) atoms. The molecule has 0 amide bonds. The third-order valence-electron chi connectivity index (χ3n) is 2.22. The van der Waals surface area contributed by atoms with E-state index in [1.54, 1.807) is 6.92 Å². The van der Waals surface area contributed by atoms with Crippen molar-refractivity contribution in [3.63, 3.8) is 0 Å². The van der Waals surface area contributed by atoms with Crippen LogP contribution in [-0.4, -0.2) is 5.78 Å². The molecule has 2 rings (SSSR count). The van der Waals surface area contributed by atoms with Gasteiger partial charge in [-0.2, -0.15) is 0 Å². The van der Waals surface area contributed by atoms with Gasteiger partial charge in [0.15, 0.2) is 5.78 Å². The Labute approximate surface area is 91.3 Å². The van der Waals surface area contributed by atoms with Crippen molar-refractivity contribution in [1.29, 1.82) is 0 Å². The van der Waals surface area contributed by atoms with Crippen LogP contribution in [0.25, 0.3) is 10.1 Å². The highest BCUT2D eigenvalue weighted by Crippen LogP contribution is 2.32. The smallest absolute Gasteiger partial charge is 0.170 e. The first-order valence-corrected chi connectivity index (χ1v) is 5.48. The number of carbonyl (C=O) groups is 1. The lowest BCUT2D eigenvalue weighted by molar-refractivity contribution is 0.102. The first-order valence-electron chi connectivity index (χ1n) is 4.29. The molecule has 1 nitrogen and oxygen atoms in total. The zero-order valence-electron chi connectivity index (χ0n) is 7.93. The standard InChI is InChI=1S/C11H9ClOS/c1-6-9-4-3-8(12)5-10(9)14-11(6)7(2)13/h3-5H,1-2H3. The summed E-state index contributed by atoms with van der Waals surface area (Å²) in [5.74, 6) is 0.125. The number of benzene rings is 1. The van der Waals surface area contributed by atoms with Crippen LogP contribution in [0.15, 0.2) is 18.2 Å². The van der Waals surface area contributed by atoms with Crippen LogP contribution in [-0.2, 0) is 0 Å². The van der Waals surface area contributed by atoms with E-state index < -0.39 is 0 Å². The summed E-state index contributed by atoms with van der Waals surface area (Å²) in [4.78, 5) is 12.1. The monoisotopic (exact) mass is 224 g/mol. The second kappa shape index (κ2) is 3.37. The largest absolute Gasteiger partial charge is 0.294 e. The van der Waals surface area contributed by atoms with Crippen LogP contribution in [0.1, 0.15) is 22.2 Å². The van der Waals surface area contributed by atoms with Gasteiger partial charge in [0, 0.05) is 9.72 Å². The minimum atomic E-state index is 0.125. The van der Waals surface area contributed by atoms with Gasteiger partial charge in [0.25, 0.3) is 0 Å². The van der Waals surface area contributed by atoms with Crippen molar-refractivity contribution < 1.29 is 4.79 Å². The van der Waals surface area contributed by atoms with Crippen LogP contribution in [0, 0.1) is 6.92 Å². The van der Waals surface area contributed by atoms with E-state index in [0.29, 0.717) is 5.02 Å². The first kappa shape index (κ1) is 9.69. The maximum atomic E-state index is 11.3. The van der Waals surface area contributed by atoms with Crippen LogP contribution in [0.3, 0.4) is 0 Å². The number of carbonyl (C=O) groups excluding carboxylic acids is 1. The van der Waals surface area contributed by atoms with Crippen LogP contribution >= 0.6 is 22.9 Å². The molecule has 0 aliphatic carbocycles. The quantitative estimate of drug-likeness (QED) is 0.668. The van der Waals surface area contributed by atoms with E-state index in [4.69, 9.17) is 11.6 Å². The molecule has 0 fully saturated rings. The van der Waals surface area contributed by atoms with E-state index in [1.165, 1.54) is 11.3 Å². The number of ketones is 1. The number of Topliss-reactive ketones (excluding diaryl/α,β-unsaturated/α-hetero) is 1.